The van der Waals surface area contributed by atoms with Crippen LogP contribution in [0.25, 0.3) is 0 Å². The average molecular weight is 394 g/mol. The zero-order chi connectivity index (χ0) is 20.2. The van der Waals surface area contributed by atoms with E-state index in [4.69, 9.17) is 14.2 Å². The van der Waals surface area contributed by atoms with Crippen molar-refractivity contribution >= 4 is 11.8 Å². The molecule has 0 radical (unpaired) electrons. The predicted molar refractivity (Wildman–Crippen MR) is 111 cm³/mol. The Hall–Kier alpha value is -1.83. The summed E-state index contributed by atoms with van der Waals surface area (Å²) in [4.78, 5) is 17.0. The van der Waals surface area contributed by atoms with Crippen LogP contribution in [0.2, 0.25) is 0 Å². The smallest absolute Gasteiger partial charge is 0.412 e. The van der Waals surface area contributed by atoms with Gasteiger partial charge in [0.05, 0.1) is 13.2 Å². The highest BCUT2D eigenvalue weighted by molar-refractivity contribution is 5.85. The molecule has 1 aromatic rings. The molecule has 2 rings (SSSR count). The van der Waals surface area contributed by atoms with Crippen LogP contribution in [0.5, 0.6) is 5.75 Å². The summed E-state index contributed by atoms with van der Waals surface area (Å²) in [5.41, 5.74) is 0.661. The highest BCUT2D eigenvalue weighted by atomic mass is 16.6. The Balaban J connectivity index is 1.81. The molecule has 1 aliphatic rings. The number of nitrogens with one attached hydrogen (secondary N) is 1. The highest BCUT2D eigenvalue weighted by Crippen LogP contribution is 2.18. The summed E-state index contributed by atoms with van der Waals surface area (Å²) in [5.74, 6) is 0.750. The molecule has 7 nitrogen and oxygen atoms in total. The molecule has 1 saturated heterocycles. The minimum absolute atomic E-state index is 0.304. The molecule has 1 unspecified atom stereocenters. The van der Waals surface area contributed by atoms with Crippen molar-refractivity contribution in [3.63, 3.8) is 0 Å². The molecule has 1 aliphatic heterocycles. The molecule has 1 fully saturated rings. The van der Waals surface area contributed by atoms with Gasteiger partial charge in [0.1, 0.15) is 11.9 Å². The van der Waals surface area contributed by atoms with Crippen molar-refractivity contribution in [3.8, 4) is 5.75 Å². The van der Waals surface area contributed by atoms with Gasteiger partial charge in [0, 0.05) is 51.6 Å². The number of carbonyl (C=O) groups is 1. The summed E-state index contributed by atoms with van der Waals surface area (Å²) in [6, 6.07) is 7.40. The number of carbonyl (C=O) groups excluding carboxylic acids is 1. The lowest BCUT2D eigenvalue weighted by molar-refractivity contribution is 0.0157. The molecule has 1 aromatic carbocycles. The van der Waals surface area contributed by atoms with Crippen LogP contribution in [-0.2, 0) is 9.47 Å². The van der Waals surface area contributed by atoms with Crippen molar-refractivity contribution < 1.29 is 19.0 Å². The monoisotopic (exact) mass is 393 g/mol. The minimum Gasteiger partial charge on any atom is -0.494 e. The fourth-order valence-corrected chi connectivity index (χ4v) is 3.13. The highest BCUT2D eigenvalue weighted by Gasteiger charge is 2.21. The molecule has 0 aromatic heterocycles. The maximum atomic E-state index is 12.3. The first-order valence-corrected chi connectivity index (χ1v) is 10.2. The molecule has 0 aliphatic carbocycles. The molecule has 1 amide bonds. The maximum Gasteiger partial charge on any atom is 0.412 e. The van der Waals surface area contributed by atoms with Gasteiger partial charge < -0.3 is 19.1 Å². The van der Waals surface area contributed by atoms with Crippen molar-refractivity contribution in [1.29, 1.82) is 0 Å². The van der Waals surface area contributed by atoms with Crippen molar-refractivity contribution in [2.24, 2.45) is 0 Å². The Morgan fingerprint density at radius 2 is 2.00 bits per heavy atom. The zero-order valence-electron chi connectivity index (χ0n) is 17.5. The lowest BCUT2D eigenvalue weighted by Crippen LogP contribution is -2.48. The van der Waals surface area contributed by atoms with Crippen molar-refractivity contribution in [1.82, 2.24) is 9.80 Å². The molecule has 28 heavy (non-hydrogen) atoms. The first-order valence-electron chi connectivity index (χ1n) is 10.2. The number of amides is 1. The van der Waals surface area contributed by atoms with Crippen LogP contribution >= 0.6 is 0 Å². The van der Waals surface area contributed by atoms with Crippen LogP contribution in [0.3, 0.4) is 0 Å². The summed E-state index contributed by atoms with van der Waals surface area (Å²) < 4.78 is 16.6. The van der Waals surface area contributed by atoms with Gasteiger partial charge in [-0.25, -0.2) is 4.79 Å². The second-order valence-corrected chi connectivity index (χ2v) is 7.29. The molecule has 1 atom stereocenters. The number of likely N-dealkylation sites (N-methyl/N-ethyl adjacent to an activating group) is 1. The second-order valence-electron chi connectivity index (χ2n) is 7.29. The Morgan fingerprint density at radius 1 is 1.21 bits per heavy atom. The summed E-state index contributed by atoms with van der Waals surface area (Å²) in [5, 5.41) is 2.79. The molecular weight excluding hydrogens is 358 g/mol. The zero-order valence-corrected chi connectivity index (χ0v) is 17.5. The predicted octanol–water partition coefficient (Wildman–Crippen LogP) is 3.07. The van der Waals surface area contributed by atoms with Gasteiger partial charge in [0.2, 0.25) is 0 Å². The number of unbranched alkanes of at least 4 members (excludes halogenated alkanes) is 2. The van der Waals surface area contributed by atoms with E-state index >= 15 is 0 Å². The molecule has 1 heterocycles. The van der Waals surface area contributed by atoms with Gasteiger partial charge >= 0.3 is 6.09 Å². The first kappa shape index (κ1) is 22.5. The van der Waals surface area contributed by atoms with Crippen molar-refractivity contribution in [3.05, 3.63) is 24.3 Å². The summed E-state index contributed by atoms with van der Waals surface area (Å²) in [6.07, 6.45) is 2.56. The molecular formula is C21H35N3O4. The standard InChI is InChI=1S/C21H35N3O4/c1-4-5-6-14-27-19-9-7-8-18(15-19)22-21(25)28-20(17-26-3)16-24-12-10-23(2)11-13-24/h7-9,15,20H,4-6,10-14,16-17H2,1-3H3,(H,22,25). The van der Waals surface area contributed by atoms with E-state index in [0.717, 1.165) is 51.2 Å². The quantitative estimate of drug-likeness (QED) is 0.583. The lowest BCUT2D eigenvalue weighted by Gasteiger charge is -2.34. The number of hydrogen-bond donors (Lipinski definition) is 1. The number of benzene rings is 1. The number of ether oxygens (including phenoxy) is 3. The number of anilines is 1. The van der Waals surface area contributed by atoms with Crippen LogP contribution in [-0.4, -0.2) is 82.1 Å². The Kier molecular flexibility index (Phi) is 10.1. The Bertz CT molecular complexity index is 577. The SMILES string of the molecule is CCCCCOc1cccc(NC(=O)OC(COC)CN2CCN(C)CC2)c1. The van der Waals surface area contributed by atoms with E-state index in [9.17, 15) is 4.79 Å². The number of rotatable bonds is 11. The molecule has 1 N–H and O–H groups in total. The van der Waals surface area contributed by atoms with Gasteiger partial charge in [-0.3, -0.25) is 10.2 Å². The van der Waals surface area contributed by atoms with Crippen LogP contribution < -0.4 is 10.1 Å². The number of methoxy groups -OCH3 is 1. The normalized spacial score (nSPS) is 16.5. The minimum atomic E-state index is -0.473. The van der Waals surface area contributed by atoms with Gasteiger partial charge in [0.25, 0.3) is 0 Å². The van der Waals surface area contributed by atoms with E-state index in [2.05, 4.69) is 29.1 Å². The molecule has 158 valence electrons. The Morgan fingerprint density at radius 3 is 2.71 bits per heavy atom. The van der Waals surface area contributed by atoms with Gasteiger partial charge in [-0.05, 0) is 25.6 Å². The van der Waals surface area contributed by atoms with Gasteiger partial charge in [-0.1, -0.05) is 25.8 Å². The van der Waals surface area contributed by atoms with Gasteiger partial charge in [-0.2, -0.15) is 0 Å². The van der Waals surface area contributed by atoms with E-state index < -0.39 is 6.09 Å². The molecule has 0 spiro atoms. The molecule has 0 bridgehead atoms. The fourth-order valence-electron chi connectivity index (χ4n) is 3.13. The third kappa shape index (κ3) is 8.46. The van der Waals surface area contributed by atoms with Crippen LogP contribution in [0.1, 0.15) is 26.2 Å². The molecule has 7 heteroatoms. The van der Waals surface area contributed by atoms with E-state index in [1.807, 2.05) is 24.3 Å². The summed E-state index contributed by atoms with van der Waals surface area (Å²) in [6.45, 7) is 7.89. The molecule has 0 saturated carbocycles. The third-order valence-electron chi connectivity index (χ3n) is 4.78. The number of hydrogen-bond acceptors (Lipinski definition) is 6. The summed E-state index contributed by atoms with van der Waals surface area (Å²) in [7, 11) is 3.74. The van der Waals surface area contributed by atoms with E-state index in [1.165, 1.54) is 0 Å². The average Bonchev–Trinajstić information content (AvgIpc) is 2.67. The maximum absolute atomic E-state index is 12.3. The van der Waals surface area contributed by atoms with Crippen molar-refractivity contribution in [2.75, 3.05) is 65.4 Å². The van der Waals surface area contributed by atoms with Crippen molar-refractivity contribution in [2.45, 2.75) is 32.3 Å². The largest absolute Gasteiger partial charge is 0.494 e. The number of piperazine rings is 1. The van der Waals surface area contributed by atoms with E-state index in [0.29, 0.717) is 25.4 Å². The van der Waals surface area contributed by atoms with Crippen LogP contribution in [0.15, 0.2) is 24.3 Å². The van der Waals surface area contributed by atoms with Gasteiger partial charge in [-0.15, -0.1) is 0 Å². The first-order chi connectivity index (χ1) is 13.6. The van der Waals surface area contributed by atoms with E-state index in [-0.39, 0.29) is 6.10 Å². The van der Waals surface area contributed by atoms with E-state index in [1.54, 1.807) is 7.11 Å². The number of nitrogens with zero attached hydrogens (tertiary/aromatic N) is 2. The third-order valence-corrected chi connectivity index (χ3v) is 4.78. The summed E-state index contributed by atoms with van der Waals surface area (Å²) >= 11 is 0. The second kappa shape index (κ2) is 12.6. The lowest BCUT2D eigenvalue weighted by atomic mass is 10.2. The van der Waals surface area contributed by atoms with Crippen LogP contribution in [0.4, 0.5) is 10.5 Å². The van der Waals surface area contributed by atoms with Gasteiger partial charge in [0.15, 0.2) is 0 Å². The topological polar surface area (TPSA) is 63.3 Å². The Labute approximate surface area is 168 Å². The van der Waals surface area contributed by atoms with Crippen LogP contribution in [0, 0.1) is 0 Å². The fraction of sp³-hybridized carbons (Fsp3) is 0.667.